The molecule has 51 heavy (non-hydrogen) atoms. The second-order valence-corrected chi connectivity index (χ2v) is 15.8. The van der Waals surface area contributed by atoms with Gasteiger partial charge in [0.05, 0.1) is 41.2 Å². The molecule has 4 heterocycles. The van der Waals surface area contributed by atoms with E-state index in [0.29, 0.717) is 48.9 Å². The molecule has 2 aromatic carbocycles. The Morgan fingerprint density at radius 2 is 1.27 bits per heavy atom. The summed E-state index contributed by atoms with van der Waals surface area (Å²) in [5.41, 5.74) is 3.59. The van der Waals surface area contributed by atoms with Crippen molar-refractivity contribution in [1.82, 2.24) is 34.7 Å². The van der Waals surface area contributed by atoms with Crippen molar-refractivity contribution >= 4 is 87.9 Å². The number of aromatic amines is 2. The molecule has 270 valence electrons. The zero-order valence-electron chi connectivity index (χ0n) is 30.0. The van der Waals surface area contributed by atoms with Crippen LogP contribution < -0.4 is 4.73 Å². The van der Waals surface area contributed by atoms with Gasteiger partial charge in [-0.15, -0.1) is 0 Å². The maximum atomic E-state index is 12.3. The molecular weight excluding hydrogens is 784 g/mol. The van der Waals surface area contributed by atoms with Gasteiger partial charge in [0.25, 0.3) is 5.52 Å². The number of imidazole rings is 2. The molecule has 0 unspecified atom stereocenters. The van der Waals surface area contributed by atoms with Crippen molar-refractivity contribution in [2.24, 2.45) is 0 Å². The summed E-state index contributed by atoms with van der Waals surface area (Å²) in [4.78, 5) is 48.0. The molecule has 0 atom stereocenters. The molecule has 4 aromatic heterocycles. The Hall–Kier alpha value is -4.50. The van der Waals surface area contributed by atoms with Crippen LogP contribution in [-0.2, 0) is 22.6 Å². The predicted octanol–water partition coefficient (Wildman–Crippen LogP) is 8.39. The molecule has 2 amide bonds. The smallest absolute Gasteiger partial charge is 0.410 e. The van der Waals surface area contributed by atoms with Crippen LogP contribution in [0.3, 0.4) is 0 Å². The van der Waals surface area contributed by atoms with Gasteiger partial charge in [-0.3, -0.25) is 10.2 Å². The van der Waals surface area contributed by atoms with E-state index in [1.165, 1.54) is 0 Å². The number of carbonyl (C=O) groups is 2. The van der Waals surface area contributed by atoms with Crippen LogP contribution in [0.2, 0.25) is 0 Å². The average molecular weight is 828 g/mol. The Balaban J connectivity index is 0.000000198. The number of H-pyrrole nitrogens is 2. The highest BCUT2D eigenvalue weighted by Gasteiger charge is 2.24. The standard InChI is InChI=1S/C18H21BrN4O3.C18H21BrN4O2/c1-5-22(17(24)26-18(2,3)4)10-15-20-13-9-23(25)14-8-11(19)6-7-12(14)16(13)21-15;1-5-23(17(24)25-18(2,3)4)10-15-21-14-9-20-13-8-11(19)6-7-12(13)16(14)22-15/h6-9,25H,5,10H2,1-4H3;6-9H,5,10H2,1-4H3,(H,21,22)/p+1. The number of halogens is 2. The third-order valence-corrected chi connectivity index (χ3v) is 8.56. The van der Waals surface area contributed by atoms with E-state index >= 15 is 0 Å². The lowest BCUT2D eigenvalue weighted by Crippen LogP contribution is -2.36. The fourth-order valence-electron chi connectivity index (χ4n) is 5.28. The molecule has 0 aliphatic heterocycles. The van der Waals surface area contributed by atoms with Crippen LogP contribution in [0, 0.1) is 0 Å². The van der Waals surface area contributed by atoms with Gasteiger partial charge in [0.2, 0.25) is 6.20 Å². The number of amides is 2. The Labute approximate surface area is 312 Å². The molecule has 6 rings (SSSR count). The number of pyridine rings is 2. The van der Waals surface area contributed by atoms with Crippen LogP contribution in [0.25, 0.3) is 43.9 Å². The first kappa shape index (κ1) is 37.7. The molecule has 0 saturated heterocycles. The minimum absolute atomic E-state index is 0.295. The van der Waals surface area contributed by atoms with Crippen molar-refractivity contribution < 1.29 is 29.0 Å². The van der Waals surface area contributed by atoms with Gasteiger partial charge in [-0.25, -0.2) is 19.6 Å². The van der Waals surface area contributed by atoms with E-state index in [2.05, 4.69) is 56.8 Å². The first-order chi connectivity index (χ1) is 23.9. The third-order valence-electron chi connectivity index (χ3n) is 7.57. The van der Waals surface area contributed by atoms with Crippen LogP contribution in [0.4, 0.5) is 9.59 Å². The summed E-state index contributed by atoms with van der Waals surface area (Å²) in [6, 6.07) is 11.5. The minimum atomic E-state index is -0.551. The van der Waals surface area contributed by atoms with Crippen molar-refractivity contribution in [3.05, 3.63) is 69.4 Å². The van der Waals surface area contributed by atoms with Crippen molar-refractivity contribution in [2.75, 3.05) is 13.1 Å². The summed E-state index contributed by atoms with van der Waals surface area (Å²) >= 11 is 6.86. The van der Waals surface area contributed by atoms with Crippen LogP contribution in [-0.4, -0.2) is 76.4 Å². The minimum Gasteiger partial charge on any atom is -0.444 e. The first-order valence-electron chi connectivity index (χ1n) is 16.5. The second-order valence-electron chi connectivity index (χ2n) is 13.9. The van der Waals surface area contributed by atoms with Gasteiger partial charge in [0, 0.05) is 38.2 Å². The molecule has 0 aliphatic carbocycles. The maximum absolute atomic E-state index is 12.3. The fraction of sp³-hybridized carbons (Fsp3) is 0.389. The highest BCUT2D eigenvalue weighted by Crippen LogP contribution is 2.26. The topological polar surface area (TPSA) is 153 Å². The SMILES string of the molecule is CCN(Cc1nc2c(c[n+](O)c3cc(Br)ccc23)[nH]1)C(=O)OC(C)(C)C.CCN(Cc1nc2c(cnc3cc(Br)ccc32)[nH]1)C(=O)OC(C)(C)C. The lowest BCUT2D eigenvalue weighted by Gasteiger charge is -2.25. The van der Waals surface area contributed by atoms with E-state index in [-0.39, 0.29) is 12.2 Å². The molecule has 15 heteroatoms. The van der Waals surface area contributed by atoms with E-state index in [0.717, 1.165) is 46.5 Å². The van der Waals surface area contributed by atoms with Gasteiger partial charge in [-0.05, 0) is 85.7 Å². The normalized spacial score (nSPS) is 11.9. The summed E-state index contributed by atoms with van der Waals surface area (Å²) in [6.45, 7) is 16.6. The predicted molar refractivity (Wildman–Crippen MR) is 202 cm³/mol. The van der Waals surface area contributed by atoms with Crippen LogP contribution in [0.5, 0.6) is 0 Å². The number of fused-ring (bicyclic) bond motifs is 6. The van der Waals surface area contributed by atoms with Crippen molar-refractivity contribution in [3.8, 4) is 0 Å². The molecule has 0 radical (unpaired) electrons. The van der Waals surface area contributed by atoms with Crippen LogP contribution >= 0.6 is 31.9 Å². The van der Waals surface area contributed by atoms with E-state index in [1.54, 1.807) is 22.2 Å². The zero-order chi connectivity index (χ0) is 37.2. The van der Waals surface area contributed by atoms with Gasteiger partial charge in [-0.1, -0.05) is 31.9 Å². The summed E-state index contributed by atoms with van der Waals surface area (Å²) in [6.07, 6.45) is 2.61. The largest absolute Gasteiger partial charge is 0.444 e. The third kappa shape index (κ3) is 9.25. The van der Waals surface area contributed by atoms with Crippen molar-refractivity contribution in [1.29, 1.82) is 0 Å². The number of nitrogens with one attached hydrogen (secondary N) is 2. The van der Waals surface area contributed by atoms with Gasteiger partial charge in [-0.2, -0.15) is 0 Å². The lowest BCUT2D eigenvalue weighted by molar-refractivity contribution is -0.883. The van der Waals surface area contributed by atoms with Gasteiger partial charge >= 0.3 is 12.2 Å². The number of hydrogen-bond acceptors (Lipinski definition) is 8. The molecule has 3 N–H and O–H groups in total. The van der Waals surface area contributed by atoms with E-state index in [1.807, 2.05) is 91.8 Å². The summed E-state index contributed by atoms with van der Waals surface area (Å²) in [5, 5.41) is 12.0. The quantitative estimate of drug-likeness (QED) is 0.112. The zero-order valence-corrected chi connectivity index (χ0v) is 33.1. The van der Waals surface area contributed by atoms with Crippen molar-refractivity contribution in [2.45, 2.75) is 79.7 Å². The molecular formula is C36H43Br2N8O5+. The van der Waals surface area contributed by atoms with Gasteiger partial charge in [0.1, 0.15) is 33.9 Å². The number of nitrogens with zero attached hydrogens (tertiary/aromatic N) is 6. The Kier molecular flexibility index (Phi) is 11.1. The molecule has 0 saturated carbocycles. The Bertz CT molecular complexity index is 2220. The van der Waals surface area contributed by atoms with E-state index < -0.39 is 11.2 Å². The van der Waals surface area contributed by atoms with E-state index in [4.69, 9.17) is 9.47 Å². The highest BCUT2D eigenvalue weighted by molar-refractivity contribution is 9.10. The second kappa shape index (κ2) is 15.0. The molecule has 13 nitrogen and oxygen atoms in total. The summed E-state index contributed by atoms with van der Waals surface area (Å²) in [7, 11) is 0. The summed E-state index contributed by atoms with van der Waals surface area (Å²) in [5.74, 6) is 1.34. The van der Waals surface area contributed by atoms with Crippen molar-refractivity contribution in [3.63, 3.8) is 0 Å². The van der Waals surface area contributed by atoms with Gasteiger partial charge < -0.3 is 29.2 Å². The van der Waals surface area contributed by atoms with E-state index in [9.17, 15) is 14.8 Å². The molecule has 0 bridgehead atoms. The number of carbonyl (C=O) groups excluding carboxylic acids is 2. The Morgan fingerprint density at radius 3 is 1.80 bits per heavy atom. The lowest BCUT2D eigenvalue weighted by atomic mass is 10.2. The van der Waals surface area contributed by atoms with Crippen LogP contribution in [0.15, 0.2) is 57.7 Å². The molecule has 0 spiro atoms. The maximum Gasteiger partial charge on any atom is 0.410 e. The summed E-state index contributed by atoms with van der Waals surface area (Å²) < 4.78 is 13.8. The number of ether oxygens (including phenoxy) is 2. The number of hydrogen-bond donors (Lipinski definition) is 3. The monoisotopic (exact) mass is 825 g/mol. The average Bonchev–Trinajstić information content (AvgIpc) is 3.64. The Morgan fingerprint density at radius 1 is 0.784 bits per heavy atom. The number of aromatic nitrogens is 6. The van der Waals surface area contributed by atoms with Gasteiger partial charge in [0.15, 0.2) is 0 Å². The number of benzene rings is 2. The number of rotatable bonds is 6. The molecule has 0 fully saturated rings. The first-order valence-corrected chi connectivity index (χ1v) is 18.1. The molecule has 0 aliphatic rings. The fourth-order valence-corrected chi connectivity index (χ4v) is 5.98. The molecule has 6 aromatic rings. The highest BCUT2D eigenvalue weighted by atomic mass is 79.9. The van der Waals surface area contributed by atoms with Crippen LogP contribution in [0.1, 0.15) is 67.0 Å².